The molecule has 0 bridgehead atoms. The Morgan fingerprint density at radius 1 is 1.37 bits per heavy atom. The first kappa shape index (κ1) is 19.6. The van der Waals surface area contributed by atoms with Gasteiger partial charge in [-0.05, 0) is 26.0 Å². The van der Waals surface area contributed by atoms with Crippen LogP contribution in [0.3, 0.4) is 0 Å². The van der Waals surface area contributed by atoms with E-state index in [-0.39, 0.29) is 12.4 Å². The number of carbonyl (C=O) groups is 1. The number of amides is 1. The van der Waals surface area contributed by atoms with Gasteiger partial charge in [0.2, 0.25) is 0 Å². The van der Waals surface area contributed by atoms with Crippen molar-refractivity contribution in [2.75, 3.05) is 13.7 Å². The molecular weight excluding hydrogens is 388 g/mol. The molecule has 1 aromatic carbocycles. The lowest BCUT2D eigenvalue weighted by Crippen LogP contribution is -2.47. The van der Waals surface area contributed by atoms with Crippen molar-refractivity contribution in [3.8, 4) is 22.9 Å². The van der Waals surface area contributed by atoms with E-state index >= 15 is 0 Å². The molecule has 0 atom stereocenters. The number of carbonyl (C=O) groups excluding carboxylic acids is 1. The number of H-pyrrole nitrogens is 1. The van der Waals surface area contributed by atoms with Crippen LogP contribution < -0.4 is 14.8 Å². The van der Waals surface area contributed by atoms with Crippen LogP contribution in [0.2, 0.25) is 0 Å². The Hall–Kier alpha value is -3.66. The highest BCUT2D eigenvalue weighted by Gasteiger charge is 2.22. The van der Waals surface area contributed by atoms with E-state index in [4.69, 9.17) is 9.47 Å². The van der Waals surface area contributed by atoms with E-state index < -0.39 is 11.6 Å². The maximum atomic E-state index is 12.2. The number of rotatable bonds is 5. The van der Waals surface area contributed by atoms with Crippen LogP contribution in [0.4, 0.5) is 4.79 Å². The van der Waals surface area contributed by atoms with Crippen molar-refractivity contribution >= 4 is 28.2 Å². The summed E-state index contributed by atoms with van der Waals surface area (Å²) in [6.07, 6.45) is 2.43. The average Bonchev–Trinajstić information content (AvgIpc) is 3.27. The third-order valence-electron chi connectivity index (χ3n) is 4.69. The van der Waals surface area contributed by atoms with Gasteiger partial charge >= 0.3 is 6.09 Å². The van der Waals surface area contributed by atoms with Gasteiger partial charge in [-0.15, -0.1) is 0 Å². The normalized spacial score (nSPS) is 11.8. The summed E-state index contributed by atoms with van der Waals surface area (Å²) in [5.41, 5.74) is 2.15. The molecule has 0 saturated carbocycles. The second-order valence-electron chi connectivity index (χ2n) is 7.52. The maximum absolute atomic E-state index is 12.2. The van der Waals surface area contributed by atoms with Crippen LogP contribution in [0, 0.1) is 0 Å². The molecular formula is C20H22N6O4. The molecule has 10 heteroatoms. The maximum Gasteiger partial charge on any atom is 0.413 e. The molecule has 0 aliphatic rings. The molecule has 0 unspecified atom stereocenters. The van der Waals surface area contributed by atoms with Gasteiger partial charge < -0.3 is 24.9 Å². The molecule has 0 spiro atoms. The average molecular weight is 410 g/mol. The lowest BCUT2D eigenvalue weighted by molar-refractivity contribution is 0.159. The van der Waals surface area contributed by atoms with Crippen LogP contribution in [0.1, 0.15) is 13.8 Å². The quantitative estimate of drug-likeness (QED) is 0.461. The Balaban J connectivity index is 1.71. The zero-order chi connectivity index (χ0) is 21.5. The van der Waals surface area contributed by atoms with Gasteiger partial charge in [-0.2, -0.15) is 5.10 Å². The molecule has 0 saturated heterocycles. The lowest BCUT2D eigenvalue weighted by atomic mass is 10.1. The fourth-order valence-corrected chi connectivity index (χ4v) is 3.06. The van der Waals surface area contributed by atoms with Crippen LogP contribution in [-0.4, -0.2) is 55.2 Å². The van der Waals surface area contributed by atoms with Gasteiger partial charge in [0.1, 0.15) is 17.1 Å². The molecule has 4 rings (SSSR count). The number of benzene rings is 1. The number of ether oxygens (including phenoxy) is 2. The van der Waals surface area contributed by atoms with Crippen molar-refractivity contribution in [3.05, 3.63) is 30.6 Å². The first-order valence-corrected chi connectivity index (χ1v) is 9.27. The van der Waals surface area contributed by atoms with Crippen LogP contribution >= 0.6 is 0 Å². The monoisotopic (exact) mass is 410 g/mol. The summed E-state index contributed by atoms with van der Waals surface area (Å²) in [4.78, 5) is 24.1. The van der Waals surface area contributed by atoms with Crippen LogP contribution in [0.5, 0.6) is 11.5 Å². The van der Waals surface area contributed by atoms with Crippen molar-refractivity contribution in [2.24, 2.45) is 7.05 Å². The fraction of sp³-hybridized carbons (Fsp3) is 0.300. The summed E-state index contributed by atoms with van der Waals surface area (Å²) < 4.78 is 12.4. The molecule has 0 fully saturated rings. The van der Waals surface area contributed by atoms with Crippen molar-refractivity contribution in [3.63, 3.8) is 0 Å². The number of hydrogen-bond acceptors (Lipinski definition) is 7. The SMILES string of the molecule is COc1ccc2c(-c3cnc4[nH]cc(OC(=O)NC(C)(C)CO)c4n3)nn(C)c2c1. The Labute approximate surface area is 171 Å². The minimum atomic E-state index is -0.812. The molecule has 3 aromatic heterocycles. The highest BCUT2D eigenvalue weighted by molar-refractivity contribution is 5.94. The van der Waals surface area contributed by atoms with E-state index in [9.17, 15) is 9.90 Å². The third-order valence-corrected chi connectivity index (χ3v) is 4.69. The molecule has 10 nitrogen and oxygen atoms in total. The van der Waals surface area contributed by atoms with Crippen LogP contribution in [-0.2, 0) is 7.05 Å². The van der Waals surface area contributed by atoms with Gasteiger partial charge in [-0.25, -0.2) is 14.8 Å². The van der Waals surface area contributed by atoms with Gasteiger partial charge in [0.05, 0.1) is 31.0 Å². The fourth-order valence-electron chi connectivity index (χ4n) is 3.06. The van der Waals surface area contributed by atoms with Crippen LogP contribution in [0.15, 0.2) is 30.6 Å². The van der Waals surface area contributed by atoms with E-state index in [0.717, 1.165) is 16.7 Å². The minimum Gasteiger partial charge on any atom is -0.497 e. The van der Waals surface area contributed by atoms with Gasteiger partial charge in [0.15, 0.2) is 16.9 Å². The number of nitrogens with zero attached hydrogens (tertiary/aromatic N) is 4. The number of fused-ring (bicyclic) bond motifs is 2. The van der Waals surface area contributed by atoms with E-state index in [1.807, 2.05) is 25.2 Å². The summed E-state index contributed by atoms with van der Waals surface area (Å²) in [6, 6.07) is 5.68. The smallest absolute Gasteiger partial charge is 0.413 e. The lowest BCUT2D eigenvalue weighted by Gasteiger charge is -2.22. The van der Waals surface area contributed by atoms with Crippen molar-refractivity contribution in [2.45, 2.75) is 19.4 Å². The van der Waals surface area contributed by atoms with Crippen molar-refractivity contribution < 1.29 is 19.4 Å². The van der Waals surface area contributed by atoms with Crippen molar-refractivity contribution in [1.82, 2.24) is 30.0 Å². The van der Waals surface area contributed by atoms with Crippen molar-refractivity contribution in [1.29, 1.82) is 0 Å². The molecule has 30 heavy (non-hydrogen) atoms. The number of hydrogen-bond donors (Lipinski definition) is 3. The van der Waals surface area contributed by atoms with Gasteiger partial charge in [-0.1, -0.05) is 0 Å². The second kappa shape index (κ2) is 7.30. The number of methoxy groups -OCH3 is 1. The van der Waals surface area contributed by atoms with Gasteiger partial charge in [-0.3, -0.25) is 4.68 Å². The van der Waals surface area contributed by atoms with E-state index in [1.54, 1.807) is 31.8 Å². The molecule has 4 aromatic rings. The first-order chi connectivity index (χ1) is 14.3. The van der Waals surface area contributed by atoms with E-state index in [1.165, 1.54) is 6.20 Å². The predicted molar refractivity (Wildman–Crippen MR) is 110 cm³/mol. The molecule has 0 aliphatic heterocycles. The molecule has 0 radical (unpaired) electrons. The molecule has 1 amide bonds. The highest BCUT2D eigenvalue weighted by Crippen LogP contribution is 2.31. The van der Waals surface area contributed by atoms with Gasteiger partial charge in [0.25, 0.3) is 0 Å². The number of aromatic amines is 1. The Morgan fingerprint density at radius 3 is 2.90 bits per heavy atom. The minimum absolute atomic E-state index is 0.225. The Morgan fingerprint density at radius 2 is 2.17 bits per heavy atom. The molecule has 3 N–H and O–H groups in total. The summed E-state index contributed by atoms with van der Waals surface area (Å²) in [7, 11) is 3.46. The highest BCUT2D eigenvalue weighted by atomic mass is 16.6. The number of nitrogens with one attached hydrogen (secondary N) is 2. The van der Waals surface area contributed by atoms with Gasteiger partial charge in [0, 0.05) is 24.7 Å². The summed E-state index contributed by atoms with van der Waals surface area (Å²) >= 11 is 0. The third kappa shape index (κ3) is 3.52. The molecule has 156 valence electrons. The second-order valence-corrected chi connectivity index (χ2v) is 7.52. The topological polar surface area (TPSA) is 127 Å². The summed E-state index contributed by atoms with van der Waals surface area (Å²) in [6.45, 7) is 3.14. The molecule has 3 heterocycles. The summed E-state index contributed by atoms with van der Waals surface area (Å²) in [5, 5.41) is 17.4. The van der Waals surface area contributed by atoms with Crippen LogP contribution in [0.25, 0.3) is 33.5 Å². The largest absolute Gasteiger partial charge is 0.497 e. The standard InChI is InChI=1S/C20H22N6O4/c1-20(2,10-27)24-19(28)30-15-9-22-18-17(15)23-13(8-21-18)16-12-6-5-11(29-4)7-14(12)26(3)25-16/h5-9,27H,10H2,1-4H3,(H,21,22)(H,24,28). The zero-order valence-electron chi connectivity index (χ0n) is 17.1. The van der Waals surface area contributed by atoms with E-state index in [0.29, 0.717) is 22.6 Å². The molecule has 0 aliphatic carbocycles. The number of aliphatic hydroxyl groups is 1. The Bertz CT molecular complexity index is 1240. The zero-order valence-corrected chi connectivity index (χ0v) is 17.1. The number of aromatic nitrogens is 5. The van der Waals surface area contributed by atoms with E-state index in [2.05, 4.69) is 25.4 Å². The predicted octanol–water partition coefficient (Wildman–Crippen LogP) is 2.38. The summed E-state index contributed by atoms with van der Waals surface area (Å²) in [5.74, 6) is 0.962. The Kier molecular flexibility index (Phi) is 4.78. The first-order valence-electron chi connectivity index (χ1n) is 9.27. The number of aliphatic hydroxyl groups excluding tert-OH is 1. The number of aryl methyl sites for hydroxylation is 1.